The molecule has 3 aromatic rings. The summed E-state index contributed by atoms with van der Waals surface area (Å²) in [6, 6.07) is 14.3. The molecule has 7 nitrogen and oxygen atoms in total. The molecule has 0 saturated carbocycles. The Labute approximate surface area is 151 Å². The third-order valence-corrected chi connectivity index (χ3v) is 4.00. The van der Waals surface area contributed by atoms with Gasteiger partial charge in [0.1, 0.15) is 5.69 Å². The van der Waals surface area contributed by atoms with E-state index < -0.39 is 17.8 Å². The molecule has 1 aliphatic rings. The van der Waals surface area contributed by atoms with Crippen LogP contribution < -0.4 is 0 Å². The van der Waals surface area contributed by atoms with Crippen LogP contribution in [0.2, 0.25) is 5.02 Å². The summed E-state index contributed by atoms with van der Waals surface area (Å²) in [6.45, 7) is 0. The highest BCUT2D eigenvalue weighted by molar-refractivity contribution is 6.30. The monoisotopic (exact) mass is 368 g/mol. The van der Waals surface area contributed by atoms with Crippen LogP contribution in [0.4, 0.5) is 0 Å². The molecule has 0 radical (unpaired) electrons. The molecule has 4 rings (SSSR count). The first-order chi connectivity index (χ1) is 12.5. The molecule has 2 aromatic carbocycles. The quantitative estimate of drug-likeness (QED) is 0.658. The molecule has 2 amide bonds. The molecular formula is C18H9ClN2O5. The van der Waals surface area contributed by atoms with Crippen molar-refractivity contribution >= 4 is 29.4 Å². The molecule has 0 spiro atoms. The summed E-state index contributed by atoms with van der Waals surface area (Å²) in [5, 5.41) is 4.69. The van der Waals surface area contributed by atoms with E-state index in [9.17, 15) is 14.4 Å². The van der Waals surface area contributed by atoms with Crippen molar-refractivity contribution in [2.24, 2.45) is 0 Å². The van der Waals surface area contributed by atoms with E-state index in [0.29, 0.717) is 21.3 Å². The van der Waals surface area contributed by atoms with Crippen molar-refractivity contribution in [3.8, 4) is 11.3 Å². The molecule has 128 valence electrons. The largest absolute Gasteiger partial charge is 0.401 e. The summed E-state index contributed by atoms with van der Waals surface area (Å²) in [6.07, 6.45) is 0. The number of aromatic nitrogens is 1. The van der Waals surface area contributed by atoms with Crippen molar-refractivity contribution in [1.29, 1.82) is 0 Å². The van der Waals surface area contributed by atoms with Crippen LogP contribution in [0.5, 0.6) is 0 Å². The maximum atomic E-state index is 12.2. The lowest BCUT2D eigenvalue weighted by Crippen LogP contribution is -2.32. The molecule has 0 unspecified atom stereocenters. The van der Waals surface area contributed by atoms with Crippen molar-refractivity contribution in [3.63, 3.8) is 0 Å². The van der Waals surface area contributed by atoms with E-state index in [1.165, 1.54) is 18.2 Å². The van der Waals surface area contributed by atoms with E-state index >= 15 is 0 Å². The Morgan fingerprint density at radius 1 is 1.00 bits per heavy atom. The number of hydrogen-bond donors (Lipinski definition) is 0. The van der Waals surface area contributed by atoms with Gasteiger partial charge in [0.2, 0.25) is 5.76 Å². The highest BCUT2D eigenvalue weighted by Gasteiger charge is 2.39. The second kappa shape index (κ2) is 6.12. The molecule has 0 bridgehead atoms. The van der Waals surface area contributed by atoms with E-state index in [1.54, 1.807) is 36.4 Å². The Hall–Kier alpha value is -3.45. The maximum absolute atomic E-state index is 12.2. The molecule has 8 heteroatoms. The SMILES string of the molecule is O=C(ON1C(=O)c2ccccc2C1=O)c1cc(-c2cccc(Cl)c2)no1. The number of imide groups is 1. The third-order valence-electron chi connectivity index (χ3n) is 3.76. The number of rotatable bonds is 3. The molecule has 1 aromatic heterocycles. The number of hydrogen-bond acceptors (Lipinski definition) is 6. The molecule has 1 aliphatic heterocycles. The Morgan fingerprint density at radius 2 is 1.69 bits per heavy atom. The number of amides is 2. The van der Waals surface area contributed by atoms with Crippen molar-refractivity contribution in [2.45, 2.75) is 0 Å². The van der Waals surface area contributed by atoms with Gasteiger partial charge in [-0.25, -0.2) is 4.79 Å². The third kappa shape index (κ3) is 2.64. The second-order valence-corrected chi connectivity index (χ2v) is 5.85. The average molecular weight is 369 g/mol. The van der Waals surface area contributed by atoms with Crippen molar-refractivity contribution in [1.82, 2.24) is 10.2 Å². The number of hydroxylamine groups is 2. The summed E-state index contributed by atoms with van der Waals surface area (Å²) < 4.78 is 4.96. The highest BCUT2D eigenvalue weighted by Crippen LogP contribution is 2.25. The summed E-state index contributed by atoms with van der Waals surface area (Å²) in [5.74, 6) is -2.70. The van der Waals surface area contributed by atoms with Gasteiger partial charge in [0, 0.05) is 16.7 Å². The van der Waals surface area contributed by atoms with Crippen LogP contribution in [0, 0.1) is 0 Å². The van der Waals surface area contributed by atoms with Crippen LogP contribution in [0.15, 0.2) is 59.1 Å². The van der Waals surface area contributed by atoms with Crippen LogP contribution in [0.3, 0.4) is 0 Å². The van der Waals surface area contributed by atoms with Gasteiger partial charge in [-0.1, -0.05) is 46.1 Å². The lowest BCUT2D eigenvalue weighted by molar-refractivity contribution is -0.0607. The lowest BCUT2D eigenvalue weighted by atomic mass is 10.1. The van der Waals surface area contributed by atoms with Gasteiger partial charge in [0.15, 0.2) is 0 Å². The first-order valence-corrected chi connectivity index (χ1v) is 7.85. The van der Waals surface area contributed by atoms with E-state index in [2.05, 4.69) is 5.16 Å². The van der Waals surface area contributed by atoms with Crippen molar-refractivity contribution < 1.29 is 23.7 Å². The Bertz CT molecular complexity index is 1020. The Kier molecular flexibility index (Phi) is 3.78. The van der Waals surface area contributed by atoms with Crippen molar-refractivity contribution in [2.75, 3.05) is 0 Å². The molecule has 0 atom stereocenters. The van der Waals surface area contributed by atoms with Gasteiger partial charge >= 0.3 is 5.97 Å². The zero-order chi connectivity index (χ0) is 18.3. The minimum atomic E-state index is -1.01. The number of nitrogens with zero attached hydrogens (tertiary/aromatic N) is 2. The lowest BCUT2D eigenvalue weighted by Gasteiger charge is -2.10. The van der Waals surface area contributed by atoms with Crippen LogP contribution in [0.1, 0.15) is 31.3 Å². The van der Waals surface area contributed by atoms with Crippen LogP contribution in [-0.2, 0) is 4.84 Å². The zero-order valence-corrected chi connectivity index (χ0v) is 13.8. The van der Waals surface area contributed by atoms with Gasteiger partial charge in [-0.3, -0.25) is 9.59 Å². The summed E-state index contributed by atoms with van der Waals surface area (Å²) in [7, 11) is 0. The minimum Gasteiger partial charge on any atom is -0.348 e. The van der Waals surface area contributed by atoms with Gasteiger partial charge < -0.3 is 9.36 Å². The normalized spacial score (nSPS) is 13.0. The summed E-state index contributed by atoms with van der Waals surface area (Å²) in [4.78, 5) is 41.5. The molecule has 26 heavy (non-hydrogen) atoms. The number of benzene rings is 2. The fourth-order valence-electron chi connectivity index (χ4n) is 2.53. The molecular weight excluding hydrogens is 360 g/mol. The van der Waals surface area contributed by atoms with Gasteiger partial charge in [-0.2, -0.15) is 0 Å². The molecule has 0 saturated heterocycles. The van der Waals surface area contributed by atoms with E-state index in [4.69, 9.17) is 21.0 Å². The maximum Gasteiger partial charge on any atom is 0.401 e. The number of halogens is 1. The highest BCUT2D eigenvalue weighted by atomic mass is 35.5. The van der Waals surface area contributed by atoms with Crippen molar-refractivity contribution in [3.05, 3.63) is 76.5 Å². The standard InChI is InChI=1S/C18H9ClN2O5/c19-11-5-3-4-10(8-11)14-9-15(25-20-14)18(24)26-21-16(22)12-6-1-2-7-13(12)17(21)23/h1-9H. The molecule has 0 aliphatic carbocycles. The minimum absolute atomic E-state index is 0.169. The fourth-order valence-corrected chi connectivity index (χ4v) is 2.72. The number of fused-ring (bicyclic) bond motifs is 1. The van der Waals surface area contributed by atoms with E-state index in [0.717, 1.165) is 0 Å². The van der Waals surface area contributed by atoms with Gasteiger partial charge in [-0.05, 0) is 24.3 Å². The number of carbonyl (C=O) groups is 3. The molecule has 0 fully saturated rings. The molecule has 0 N–H and O–H groups in total. The first-order valence-electron chi connectivity index (χ1n) is 7.47. The van der Waals surface area contributed by atoms with E-state index in [1.807, 2.05) is 0 Å². The fraction of sp³-hybridized carbons (Fsp3) is 0. The van der Waals surface area contributed by atoms with Gasteiger partial charge in [-0.15, -0.1) is 0 Å². The topological polar surface area (TPSA) is 89.7 Å². The summed E-state index contributed by atoms with van der Waals surface area (Å²) >= 11 is 5.92. The van der Waals surface area contributed by atoms with Crippen LogP contribution >= 0.6 is 11.6 Å². The average Bonchev–Trinajstić information content (AvgIpc) is 3.22. The van der Waals surface area contributed by atoms with Crippen LogP contribution in [-0.4, -0.2) is 28.0 Å². The van der Waals surface area contributed by atoms with Crippen LogP contribution in [0.25, 0.3) is 11.3 Å². The summed E-state index contributed by atoms with van der Waals surface area (Å²) in [5.41, 5.74) is 1.34. The predicted molar refractivity (Wildman–Crippen MR) is 89.3 cm³/mol. The van der Waals surface area contributed by atoms with Gasteiger partial charge in [0.25, 0.3) is 11.8 Å². The van der Waals surface area contributed by atoms with Gasteiger partial charge in [0.05, 0.1) is 11.1 Å². The smallest absolute Gasteiger partial charge is 0.348 e. The predicted octanol–water partition coefficient (Wildman–Crippen LogP) is 3.36. The Morgan fingerprint density at radius 3 is 2.35 bits per heavy atom. The van der Waals surface area contributed by atoms with E-state index in [-0.39, 0.29) is 16.9 Å². The zero-order valence-electron chi connectivity index (χ0n) is 13.0. The molecule has 2 heterocycles. The second-order valence-electron chi connectivity index (χ2n) is 5.42. The Balaban J connectivity index is 1.55. The number of carbonyl (C=O) groups excluding carboxylic acids is 3. The first kappa shape index (κ1) is 16.0.